The number of nitrogens with zero attached hydrogens (tertiary/aromatic N) is 3. The zero-order valence-electron chi connectivity index (χ0n) is 18.1. The Morgan fingerprint density at radius 2 is 1.97 bits per heavy atom. The summed E-state index contributed by atoms with van der Waals surface area (Å²) in [5, 5.41) is 6.69. The first kappa shape index (κ1) is 24.6. The molecule has 1 fully saturated rings. The molecular formula is C22H33FIN5O. The molecule has 0 radical (unpaired) electrons. The van der Waals surface area contributed by atoms with Crippen LogP contribution in [0, 0.1) is 25.6 Å². The van der Waals surface area contributed by atoms with Gasteiger partial charge in [-0.15, -0.1) is 24.0 Å². The molecule has 0 bridgehead atoms. The minimum absolute atomic E-state index is 0. The SMILES string of the molecule is CN=C(NCCc1ccccc1F)NCC1CCN(Cc2nc(C)c(C)o2)CC1.I. The first-order chi connectivity index (χ1) is 14.0. The van der Waals surface area contributed by atoms with Gasteiger partial charge in [-0.1, -0.05) is 18.2 Å². The summed E-state index contributed by atoms with van der Waals surface area (Å²) in [7, 11) is 1.77. The standard InChI is InChI=1S/C22H32FN5O.HI/c1-16-17(2)29-21(27-16)15-28-12-9-18(10-13-28)14-26-22(24-3)25-11-8-19-6-4-5-7-20(19)23;/h4-7,18H,8-15H2,1-3H3,(H2,24,25,26);1H. The van der Waals surface area contributed by atoms with Crippen molar-refractivity contribution in [2.75, 3.05) is 33.2 Å². The van der Waals surface area contributed by atoms with E-state index in [0.29, 0.717) is 18.9 Å². The van der Waals surface area contributed by atoms with Crippen LogP contribution in [0.1, 0.15) is 35.7 Å². The molecule has 0 saturated carbocycles. The van der Waals surface area contributed by atoms with Crippen molar-refractivity contribution >= 4 is 29.9 Å². The molecule has 1 aliphatic heterocycles. The third kappa shape index (κ3) is 7.23. The van der Waals surface area contributed by atoms with Crippen LogP contribution in [0.2, 0.25) is 0 Å². The first-order valence-electron chi connectivity index (χ1n) is 10.4. The first-order valence-corrected chi connectivity index (χ1v) is 10.4. The highest BCUT2D eigenvalue weighted by Crippen LogP contribution is 2.19. The van der Waals surface area contributed by atoms with Gasteiger partial charge in [0.25, 0.3) is 0 Å². The van der Waals surface area contributed by atoms with E-state index in [1.807, 2.05) is 26.0 Å². The largest absolute Gasteiger partial charge is 0.444 e. The molecule has 6 nitrogen and oxygen atoms in total. The number of nitrogens with one attached hydrogen (secondary N) is 2. The third-order valence-corrected chi connectivity index (χ3v) is 5.57. The Morgan fingerprint density at radius 1 is 1.23 bits per heavy atom. The van der Waals surface area contributed by atoms with Crippen molar-refractivity contribution in [1.82, 2.24) is 20.5 Å². The summed E-state index contributed by atoms with van der Waals surface area (Å²) in [5.41, 5.74) is 1.70. The van der Waals surface area contributed by atoms with Crippen LogP contribution >= 0.6 is 24.0 Å². The molecule has 0 spiro atoms. The number of piperidine rings is 1. The Morgan fingerprint density at radius 3 is 2.60 bits per heavy atom. The lowest BCUT2D eigenvalue weighted by Crippen LogP contribution is -2.43. The molecule has 1 aromatic carbocycles. The lowest BCUT2D eigenvalue weighted by atomic mass is 9.97. The van der Waals surface area contributed by atoms with Crippen molar-refractivity contribution in [2.24, 2.45) is 10.9 Å². The zero-order valence-corrected chi connectivity index (χ0v) is 20.4. The Labute approximate surface area is 195 Å². The van der Waals surface area contributed by atoms with E-state index >= 15 is 0 Å². The van der Waals surface area contributed by atoms with E-state index in [2.05, 4.69) is 25.5 Å². The number of aliphatic imine (C=N–C) groups is 1. The fourth-order valence-corrected chi connectivity index (χ4v) is 3.63. The van der Waals surface area contributed by atoms with Gasteiger partial charge in [-0.2, -0.15) is 0 Å². The maximum atomic E-state index is 13.7. The zero-order chi connectivity index (χ0) is 20.6. The second-order valence-electron chi connectivity index (χ2n) is 7.69. The molecule has 0 unspecified atom stereocenters. The van der Waals surface area contributed by atoms with Gasteiger partial charge in [0, 0.05) is 20.1 Å². The number of aromatic nitrogens is 1. The van der Waals surface area contributed by atoms with E-state index in [0.717, 1.165) is 67.9 Å². The van der Waals surface area contributed by atoms with E-state index < -0.39 is 0 Å². The molecule has 166 valence electrons. The number of rotatable bonds is 7. The highest BCUT2D eigenvalue weighted by molar-refractivity contribution is 14.0. The summed E-state index contributed by atoms with van der Waals surface area (Å²) in [6.07, 6.45) is 2.90. The molecule has 0 amide bonds. The lowest BCUT2D eigenvalue weighted by Gasteiger charge is -2.31. The molecule has 2 heterocycles. The van der Waals surface area contributed by atoms with Crippen molar-refractivity contribution in [3.8, 4) is 0 Å². The van der Waals surface area contributed by atoms with Crippen LogP contribution in [0.5, 0.6) is 0 Å². The van der Waals surface area contributed by atoms with Gasteiger partial charge < -0.3 is 15.1 Å². The minimum Gasteiger partial charge on any atom is -0.444 e. The number of halogens is 2. The second-order valence-corrected chi connectivity index (χ2v) is 7.69. The van der Waals surface area contributed by atoms with Crippen LogP contribution < -0.4 is 10.6 Å². The van der Waals surface area contributed by atoms with Gasteiger partial charge in [0.1, 0.15) is 11.6 Å². The average molecular weight is 529 g/mol. The van der Waals surface area contributed by atoms with Gasteiger partial charge in [-0.3, -0.25) is 9.89 Å². The average Bonchev–Trinajstić information content (AvgIpc) is 3.04. The van der Waals surface area contributed by atoms with Gasteiger partial charge in [0.05, 0.1) is 12.2 Å². The van der Waals surface area contributed by atoms with Gasteiger partial charge >= 0.3 is 0 Å². The fraction of sp³-hybridized carbons (Fsp3) is 0.545. The Balaban J connectivity index is 0.00000320. The summed E-state index contributed by atoms with van der Waals surface area (Å²) >= 11 is 0. The van der Waals surface area contributed by atoms with E-state index in [1.54, 1.807) is 13.1 Å². The number of hydrogen-bond acceptors (Lipinski definition) is 4. The predicted molar refractivity (Wildman–Crippen MR) is 129 cm³/mol. The Hall–Kier alpha value is -1.68. The molecule has 0 atom stereocenters. The summed E-state index contributed by atoms with van der Waals surface area (Å²) in [6.45, 7) is 8.36. The maximum Gasteiger partial charge on any atom is 0.208 e. The number of likely N-dealkylation sites (tertiary alicyclic amines) is 1. The topological polar surface area (TPSA) is 65.7 Å². The summed E-state index contributed by atoms with van der Waals surface area (Å²) < 4.78 is 19.4. The van der Waals surface area contributed by atoms with E-state index in [1.165, 1.54) is 6.07 Å². The Bertz CT molecular complexity index is 798. The maximum absolute atomic E-state index is 13.7. The van der Waals surface area contributed by atoms with Crippen molar-refractivity contribution in [2.45, 2.75) is 39.7 Å². The predicted octanol–water partition coefficient (Wildman–Crippen LogP) is 3.67. The number of guanidine groups is 1. The van der Waals surface area contributed by atoms with E-state index in [9.17, 15) is 4.39 Å². The normalized spacial score (nSPS) is 15.7. The number of oxazole rings is 1. The van der Waals surface area contributed by atoms with Gasteiger partial charge in [-0.25, -0.2) is 9.37 Å². The molecule has 0 aliphatic carbocycles. The summed E-state index contributed by atoms with van der Waals surface area (Å²) in [4.78, 5) is 11.2. The molecule has 8 heteroatoms. The van der Waals surface area contributed by atoms with Crippen molar-refractivity contribution in [3.63, 3.8) is 0 Å². The molecule has 1 saturated heterocycles. The van der Waals surface area contributed by atoms with Crippen LogP contribution in [0.15, 0.2) is 33.7 Å². The lowest BCUT2D eigenvalue weighted by molar-refractivity contribution is 0.164. The van der Waals surface area contributed by atoms with Gasteiger partial charge in [0.15, 0.2) is 5.96 Å². The molecule has 2 N–H and O–H groups in total. The molecule has 2 aromatic rings. The van der Waals surface area contributed by atoms with Crippen LogP contribution in [0.25, 0.3) is 0 Å². The number of hydrogen-bond donors (Lipinski definition) is 2. The minimum atomic E-state index is -0.154. The second kappa shape index (κ2) is 12.2. The Kier molecular flexibility index (Phi) is 10.0. The van der Waals surface area contributed by atoms with Gasteiger partial charge in [-0.05, 0) is 63.7 Å². The smallest absolute Gasteiger partial charge is 0.208 e. The highest BCUT2D eigenvalue weighted by atomic mass is 127. The molecule has 30 heavy (non-hydrogen) atoms. The highest BCUT2D eigenvalue weighted by Gasteiger charge is 2.21. The molecule has 1 aromatic heterocycles. The van der Waals surface area contributed by atoms with Crippen molar-refractivity contribution in [1.29, 1.82) is 0 Å². The number of aryl methyl sites for hydroxylation is 2. The number of benzene rings is 1. The van der Waals surface area contributed by atoms with Crippen LogP contribution in [-0.2, 0) is 13.0 Å². The fourth-order valence-electron chi connectivity index (χ4n) is 3.63. The van der Waals surface area contributed by atoms with Crippen LogP contribution in [0.3, 0.4) is 0 Å². The third-order valence-electron chi connectivity index (χ3n) is 5.57. The summed E-state index contributed by atoms with van der Waals surface area (Å²) in [6, 6.07) is 6.90. The van der Waals surface area contributed by atoms with E-state index in [-0.39, 0.29) is 29.8 Å². The van der Waals surface area contributed by atoms with Crippen LogP contribution in [-0.4, -0.2) is 49.1 Å². The molecule has 3 rings (SSSR count). The van der Waals surface area contributed by atoms with Crippen LogP contribution in [0.4, 0.5) is 4.39 Å². The van der Waals surface area contributed by atoms with Crippen molar-refractivity contribution in [3.05, 3.63) is 53.0 Å². The molecule has 1 aliphatic rings. The van der Waals surface area contributed by atoms with E-state index in [4.69, 9.17) is 4.42 Å². The monoisotopic (exact) mass is 529 g/mol. The molecular weight excluding hydrogens is 496 g/mol. The van der Waals surface area contributed by atoms with Gasteiger partial charge in [0.2, 0.25) is 5.89 Å². The van der Waals surface area contributed by atoms with Crippen molar-refractivity contribution < 1.29 is 8.81 Å². The summed E-state index contributed by atoms with van der Waals surface area (Å²) in [5.74, 6) is 2.96. The quantitative estimate of drug-likeness (QED) is 0.326.